The Morgan fingerprint density at radius 2 is 1.17 bits per heavy atom. The molecule has 0 fully saturated rings. The van der Waals surface area contributed by atoms with Gasteiger partial charge in [-0.3, -0.25) is 0 Å². The number of anilines is 4. The van der Waals surface area contributed by atoms with Gasteiger partial charge < -0.3 is 19.1 Å². The molecular formula is C58H41F2N4OPt-3. The summed E-state index contributed by atoms with van der Waals surface area (Å²) in [5.74, 6) is 0.555. The second-order valence-electron chi connectivity index (χ2n) is 17.3. The minimum absolute atomic E-state index is 0. The summed E-state index contributed by atoms with van der Waals surface area (Å²) >= 11 is 0. The van der Waals surface area contributed by atoms with E-state index < -0.39 is 11.6 Å². The fraction of sp³-hybridized carbons (Fsp3) is 0.0690. The third kappa shape index (κ3) is 7.94. The molecule has 0 atom stereocenters. The van der Waals surface area contributed by atoms with Gasteiger partial charge in [-0.15, -0.1) is 53.6 Å². The van der Waals surface area contributed by atoms with Gasteiger partial charge in [0.1, 0.15) is 17.5 Å². The van der Waals surface area contributed by atoms with E-state index in [1.54, 1.807) is 0 Å². The molecule has 326 valence electrons. The Morgan fingerprint density at radius 1 is 0.530 bits per heavy atom. The van der Waals surface area contributed by atoms with Crippen molar-refractivity contribution in [1.82, 2.24) is 9.55 Å². The number of pyridine rings is 1. The van der Waals surface area contributed by atoms with E-state index >= 15 is 0 Å². The predicted molar refractivity (Wildman–Crippen MR) is 259 cm³/mol. The SMILES string of the molecule is CC(C)(C)c1ccnc(-n2c3[c-]c(Oc4[c-]c(N5[CH-]N(c6ccccc6-c6cc(F)cc(F)c6)c6ccccc65)cc(-c5ccc(-c6ccccc6)cc5)c4)ccc3c3ccccc32)c1.[Pt]. The summed E-state index contributed by atoms with van der Waals surface area (Å²) in [7, 11) is 0. The van der Waals surface area contributed by atoms with E-state index in [0.29, 0.717) is 22.6 Å². The van der Waals surface area contributed by atoms with Crippen LogP contribution in [0.3, 0.4) is 0 Å². The molecule has 0 spiro atoms. The fourth-order valence-corrected chi connectivity index (χ4v) is 8.80. The third-order valence-corrected chi connectivity index (χ3v) is 12.0. The zero-order valence-electron chi connectivity index (χ0n) is 36.2. The fourth-order valence-electron chi connectivity index (χ4n) is 8.80. The van der Waals surface area contributed by atoms with Crippen molar-refractivity contribution in [2.24, 2.45) is 0 Å². The van der Waals surface area contributed by atoms with Gasteiger partial charge in [0, 0.05) is 73.0 Å². The van der Waals surface area contributed by atoms with Crippen LogP contribution in [0.4, 0.5) is 31.5 Å². The molecule has 0 unspecified atom stereocenters. The summed E-state index contributed by atoms with van der Waals surface area (Å²) < 4.78 is 38.2. The molecule has 0 saturated heterocycles. The number of benzene rings is 8. The largest absolute Gasteiger partial charge is 0.509 e. The first-order valence-corrected chi connectivity index (χ1v) is 21.6. The zero-order chi connectivity index (χ0) is 44.2. The molecule has 8 heteroatoms. The van der Waals surface area contributed by atoms with Crippen LogP contribution in [-0.4, -0.2) is 9.55 Å². The molecule has 0 amide bonds. The maximum Gasteiger partial charge on any atom is 0.135 e. The van der Waals surface area contributed by atoms with Crippen LogP contribution < -0.4 is 14.5 Å². The van der Waals surface area contributed by atoms with Gasteiger partial charge in [0.2, 0.25) is 0 Å². The van der Waals surface area contributed by atoms with Gasteiger partial charge in [-0.2, -0.15) is 6.07 Å². The van der Waals surface area contributed by atoms with Crippen molar-refractivity contribution in [1.29, 1.82) is 0 Å². The molecule has 8 aromatic carbocycles. The number of para-hydroxylation sites is 4. The van der Waals surface area contributed by atoms with Crippen molar-refractivity contribution in [3.05, 3.63) is 224 Å². The first-order chi connectivity index (χ1) is 31.6. The molecule has 0 radical (unpaired) electrons. The van der Waals surface area contributed by atoms with E-state index in [9.17, 15) is 8.78 Å². The normalized spacial score (nSPS) is 12.4. The molecular weight excluding hydrogens is 1000 g/mol. The van der Waals surface area contributed by atoms with Gasteiger partial charge in [0.05, 0.1) is 0 Å². The monoisotopic (exact) mass is 1040 g/mol. The quantitative estimate of drug-likeness (QED) is 0.142. The Morgan fingerprint density at radius 3 is 1.91 bits per heavy atom. The van der Waals surface area contributed by atoms with E-state index in [4.69, 9.17) is 9.72 Å². The van der Waals surface area contributed by atoms with Crippen LogP contribution in [0.1, 0.15) is 26.3 Å². The van der Waals surface area contributed by atoms with Crippen molar-refractivity contribution >= 4 is 44.6 Å². The van der Waals surface area contributed by atoms with Gasteiger partial charge in [-0.05, 0) is 87.1 Å². The van der Waals surface area contributed by atoms with Crippen LogP contribution >= 0.6 is 0 Å². The number of ether oxygens (including phenoxy) is 1. The van der Waals surface area contributed by atoms with E-state index in [-0.39, 0.29) is 26.5 Å². The number of nitrogens with zero attached hydrogens (tertiary/aromatic N) is 4. The number of halogens is 2. The minimum atomic E-state index is -0.637. The Balaban J connectivity index is 0.00000511. The molecule has 5 nitrogen and oxygen atoms in total. The second-order valence-corrected chi connectivity index (χ2v) is 17.3. The number of hydrogen-bond donors (Lipinski definition) is 0. The maximum atomic E-state index is 14.6. The van der Waals surface area contributed by atoms with Gasteiger partial charge in [0.15, 0.2) is 0 Å². The number of rotatable bonds is 8. The standard InChI is InChI=1S/C58H41F2N4O.Pt/c1-58(2,3)43-27-28-61-57(33-43)64-53-18-10-8-16-50(53)51-26-25-47(36-56(51)64)65-48-32-41(40-23-21-39(22-24-40)38-13-5-4-6-14-38)31-46(35-48)62-37-63(55-20-12-11-19-54(55)62)52-17-9-7-15-49(52)42-29-44(59)34-45(60)30-42;/h4-34,37H,1-3H3;/q-3;. The maximum absolute atomic E-state index is 14.6. The summed E-state index contributed by atoms with van der Waals surface area (Å²) in [6, 6.07) is 66.1. The second kappa shape index (κ2) is 17.2. The van der Waals surface area contributed by atoms with Crippen LogP contribution in [0.2, 0.25) is 0 Å². The molecule has 66 heavy (non-hydrogen) atoms. The van der Waals surface area contributed by atoms with Crippen LogP contribution in [0, 0.1) is 30.4 Å². The van der Waals surface area contributed by atoms with Crippen molar-refractivity contribution in [3.8, 4) is 50.7 Å². The number of fused-ring (bicyclic) bond motifs is 4. The molecule has 0 saturated carbocycles. The van der Waals surface area contributed by atoms with Gasteiger partial charge in [0.25, 0.3) is 0 Å². The summed E-state index contributed by atoms with van der Waals surface area (Å²) in [6.07, 6.45) is 1.87. The van der Waals surface area contributed by atoms with Crippen molar-refractivity contribution < 1.29 is 34.6 Å². The molecule has 2 aromatic heterocycles. The van der Waals surface area contributed by atoms with Crippen LogP contribution in [0.25, 0.3) is 61.0 Å². The molecule has 0 N–H and O–H groups in total. The molecule has 0 aliphatic carbocycles. The van der Waals surface area contributed by atoms with Gasteiger partial charge >= 0.3 is 0 Å². The Kier molecular flexibility index (Phi) is 11.1. The zero-order valence-corrected chi connectivity index (χ0v) is 38.5. The van der Waals surface area contributed by atoms with E-state index in [1.165, 1.54) is 17.7 Å². The first kappa shape index (κ1) is 42.6. The topological polar surface area (TPSA) is 33.5 Å². The summed E-state index contributed by atoms with van der Waals surface area (Å²) in [6.45, 7) is 8.61. The van der Waals surface area contributed by atoms with Crippen LogP contribution in [-0.2, 0) is 26.5 Å². The molecule has 11 rings (SSSR count). The van der Waals surface area contributed by atoms with Crippen LogP contribution in [0.15, 0.2) is 188 Å². The van der Waals surface area contributed by atoms with Crippen molar-refractivity contribution in [2.45, 2.75) is 26.2 Å². The Labute approximate surface area is 397 Å². The van der Waals surface area contributed by atoms with E-state index in [2.05, 4.69) is 127 Å². The van der Waals surface area contributed by atoms with Crippen molar-refractivity contribution in [2.75, 3.05) is 9.80 Å². The number of aromatic nitrogens is 2. The molecule has 1 aliphatic rings. The van der Waals surface area contributed by atoms with Crippen molar-refractivity contribution in [3.63, 3.8) is 0 Å². The Bertz CT molecular complexity index is 3400. The molecule has 1 aliphatic heterocycles. The predicted octanol–water partition coefficient (Wildman–Crippen LogP) is 15.6. The summed E-state index contributed by atoms with van der Waals surface area (Å²) in [4.78, 5) is 8.98. The summed E-state index contributed by atoms with van der Waals surface area (Å²) in [5.41, 5.74) is 11.6. The number of hydrogen-bond acceptors (Lipinski definition) is 4. The minimum Gasteiger partial charge on any atom is -0.509 e. The van der Waals surface area contributed by atoms with Gasteiger partial charge in [-0.25, -0.2) is 13.8 Å². The Hall–Kier alpha value is -7.34. The molecule has 0 bridgehead atoms. The van der Waals surface area contributed by atoms with Gasteiger partial charge in [-0.1, -0.05) is 129 Å². The van der Waals surface area contributed by atoms with Crippen LogP contribution in [0.5, 0.6) is 11.5 Å². The van der Waals surface area contributed by atoms with E-state index in [0.717, 1.165) is 78.7 Å². The summed E-state index contributed by atoms with van der Waals surface area (Å²) in [5, 5.41) is 2.14. The average molecular weight is 1040 g/mol. The average Bonchev–Trinajstić information content (AvgIpc) is 3.87. The first-order valence-electron chi connectivity index (χ1n) is 21.6. The smallest absolute Gasteiger partial charge is 0.135 e. The molecule has 10 aromatic rings. The molecule has 3 heterocycles. The third-order valence-electron chi connectivity index (χ3n) is 12.0. The van der Waals surface area contributed by atoms with E-state index in [1.807, 2.05) is 96.6 Å².